The molecule has 1 saturated heterocycles. The summed E-state index contributed by atoms with van der Waals surface area (Å²) in [5.74, 6) is 1.04. The van der Waals surface area contributed by atoms with Gasteiger partial charge in [0.2, 0.25) is 0 Å². The fraction of sp³-hybridized carbons (Fsp3) is 0.500. The first kappa shape index (κ1) is 5.98. The van der Waals surface area contributed by atoms with Gasteiger partial charge in [0, 0.05) is 5.57 Å². The zero-order valence-corrected chi connectivity index (χ0v) is 5.80. The van der Waals surface area contributed by atoms with E-state index in [1.165, 1.54) is 5.57 Å². The maximum Gasteiger partial charge on any atom is 0.189 e. The molecule has 2 nitrogen and oxygen atoms in total. The van der Waals surface area contributed by atoms with Gasteiger partial charge < -0.3 is 9.47 Å². The fourth-order valence-electron chi connectivity index (χ4n) is 1.24. The van der Waals surface area contributed by atoms with E-state index in [0.717, 1.165) is 25.2 Å². The second kappa shape index (κ2) is 2.46. The molecule has 0 radical (unpaired) electrons. The van der Waals surface area contributed by atoms with Crippen molar-refractivity contribution in [1.82, 2.24) is 0 Å². The average Bonchev–Trinajstić information content (AvgIpc) is 2.05. The van der Waals surface area contributed by atoms with Crippen molar-refractivity contribution < 1.29 is 9.47 Å². The Hall–Kier alpha value is -0.760. The third-order valence-electron chi connectivity index (χ3n) is 1.76. The number of rotatable bonds is 0. The van der Waals surface area contributed by atoms with Crippen LogP contribution in [0.5, 0.6) is 0 Å². The minimum Gasteiger partial charge on any atom is -0.468 e. The van der Waals surface area contributed by atoms with Gasteiger partial charge in [-0.2, -0.15) is 0 Å². The van der Waals surface area contributed by atoms with E-state index in [1.54, 1.807) is 0 Å². The summed E-state index contributed by atoms with van der Waals surface area (Å²) in [5.41, 5.74) is 1.22. The lowest BCUT2D eigenvalue weighted by Crippen LogP contribution is -2.15. The molecule has 0 bridgehead atoms. The predicted molar refractivity (Wildman–Crippen MR) is 37.3 cm³/mol. The Kier molecular flexibility index (Phi) is 1.47. The van der Waals surface area contributed by atoms with E-state index in [2.05, 4.69) is 12.2 Å². The molecule has 10 heavy (non-hydrogen) atoms. The smallest absolute Gasteiger partial charge is 0.189 e. The Labute approximate surface area is 60.1 Å². The molecule has 54 valence electrons. The Bertz CT molecular complexity index is 169. The van der Waals surface area contributed by atoms with Crippen LogP contribution in [0, 0.1) is 0 Å². The first-order valence-electron chi connectivity index (χ1n) is 3.57. The zero-order chi connectivity index (χ0) is 6.81. The van der Waals surface area contributed by atoms with Crippen LogP contribution in [0.25, 0.3) is 0 Å². The lowest BCUT2D eigenvalue weighted by molar-refractivity contribution is -0.0379. The predicted octanol–water partition coefficient (Wildman–Crippen LogP) is 1.59. The van der Waals surface area contributed by atoms with Crippen molar-refractivity contribution in [3.8, 4) is 0 Å². The molecule has 1 fully saturated rings. The largest absolute Gasteiger partial charge is 0.468 e. The van der Waals surface area contributed by atoms with Crippen molar-refractivity contribution in [2.45, 2.75) is 12.8 Å². The number of fused-ring (bicyclic) bond motifs is 1. The van der Waals surface area contributed by atoms with Gasteiger partial charge in [-0.3, -0.25) is 0 Å². The Balaban J connectivity index is 2.19. The van der Waals surface area contributed by atoms with E-state index < -0.39 is 0 Å². The van der Waals surface area contributed by atoms with Crippen molar-refractivity contribution in [3.63, 3.8) is 0 Å². The summed E-state index contributed by atoms with van der Waals surface area (Å²) in [4.78, 5) is 0. The maximum atomic E-state index is 5.25. The summed E-state index contributed by atoms with van der Waals surface area (Å²) in [6.45, 7) is 1.15. The van der Waals surface area contributed by atoms with Gasteiger partial charge in [0.1, 0.15) is 5.76 Å². The molecule has 1 heterocycles. The van der Waals surface area contributed by atoms with Crippen molar-refractivity contribution in [3.05, 3.63) is 23.5 Å². The van der Waals surface area contributed by atoms with Crippen LogP contribution in [0.15, 0.2) is 23.5 Å². The van der Waals surface area contributed by atoms with E-state index in [-0.39, 0.29) is 0 Å². The maximum absolute atomic E-state index is 5.25. The molecule has 1 aliphatic carbocycles. The molecule has 0 atom stereocenters. The van der Waals surface area contributed by atoms with Gasteiger partial charge in [0.25, 0.3) is 0 Å². The molecular weight excluding hydrogens is 128 g/mol. The normalized spacial score (nSPS) is 24.0. The second-order valence-electron chi connectivity index (χ2n) is 2.49. The molecule has 2 rings (SSSR count). The van der Waals surface area contributed by atoms with Crippen molar-refractivity contribution >= 4 is 0 Å². The molecule has 0 aromatic heterocycles. The van der Waals surface area contributed by atoms with E-state index in [0.29, 0.717) is 6.79 Å². The minimum absolute atomic E-state index is 0.420. The van der Waals surface area contributed by atoms with E-state index in [4.69, 9.17) is 9.47 Å². The SMILES string of the molecule is C1=C2COCOC2=CCC1. The summed E-state index contributed by atoms with van der Waals surface area (Å²) in [5, 5.41) is 0. The number of ether oxygens (including phenoxy) is 2. The van der Waals surface area contributed by atoms with Crippen LogP contribution in [0.3, 0.4) is 0 Å². The second-order valence-corrected chi connectivity index (χ2v) is 2.49. The highest BCUT2D eigenvalue weighted by Crippen LogP contribution is 2.22. The van der Waals surface area contributed by atoms with Gasteiger partial charge in [-0.25, -0.2) is 0 Å². The highest BCUT2D eigenvalue weighted by molar-refractivity contribution is 5.30. The van der Waals surface area contributed by atoms with E-state index >= 15 is 0 Å². The zero-order valence-electron chi connectivity index (χ0n) is 5.80. The summed E-state index contributed by atoms with van der Waals surface area (Å²) in [7, 11) is 0. The fourth-order valence-corrected chi connectivity index (χ4v) is 1.24. The standard InChI is InChI=1S/C8H10O2/c1-2-4-8-7(3-1)5-9-6-10-8/h3-4H,1-2,5-6H2. The van der Waals surface area contributed by atoms with Crippen LogP contribution >= 0.6 is 0 Å². The Morgan fingerprint density at radius 1 is 1.20 bits per heavy atom. The van der Waals surface area contributed by atoms with Gasteiger partial charge in [-0.05, 0) is 18.9 Å². The van der Waals surface area contributed by atoms with Gasteiger partial charge >= 0.3 is 0 Å². The van der Waals surface area contributed by atoms with Crippen LogP contribution in [-0.2, 0) is 9.47 Å². The third kappa shape index (κ3) is 0.948. The Morgan fingerprint density at radius 2 is 2.10 bits per heavy atom. The van der Waals surface area contributed by atoms with Crippen LogP contribution in [-0.4, -0.2) is 13.4 Å². The van der Waals surface area contributed by atoms with Crippen molar-refractivity contribution in [2.24, 2.45) is 0 Å². The van der Waals surface area contributed by atoms with Crippen molar-refractivity contribution in [2.75, 3.05) is 13.4 Å². The first-order chi connectivity index (χ1) is 4.97. The molecule has 1 aliphatic heterocycles. The molecular formula is C8H10O2. The van der Waals surface area contributed by atoms with Gasteiger partial charge in [0.15, 0.2) is 6.79 Å². The van der Waals surface area contributed by atoms with Gasteiger partial charge in [-0.15, -0.1) is 0 Å². The highest BCUT2D eigenvalue weighted by Gasteiger charge is 2.14. The third-order valence-corrected chi connectivity index (χ3v) is 1.76. The van der Waals surface area contributed by atoms with Gasteiger partial charge in [0.05, 0.1) is 6.61 Å². The topological polar surface area (TPSA) is 18.5 Å². The van der Waals surface area contributed by atoms with E-state index in [1.807, 2.05) is 0 Å². The molecule has 0 spiro atoms. The van der Waals surface area contributed by atoms with Crippen LogP contribution < -0.4 is 0 Å². The molecule has 0 aromatic rings. The Morgan fingerprint density at radius 3 is 3.00 bits per heavy atom. The van der Waals surface area contributed by atoms with Crippen LogP contribution in [0.1, 0.15) is 12.8 Å². The lowest BCUT2D eigenvalue weighted by atomic mass is 10.1. The molecule has 2 heteroatoms. The monoisotopic (exact) mass is 138 g/mol. The van der Waals surface area contributed by atoms with Gasteiger partial charge in [-0.1, -0.05) is 6.08 Å². The van der Waals surface area contributed by atoms with E-state index in [9.17, 15) is 0 Å². The molecule has 0 aromatic carbocycles. The highest BCUT2D eigenvalue weighted by atomic mass is 16.7. The quantitative estimate of drug-likeness (QED) is 0.506. The summed E-state index contributed by atoms with van der Waals surface area (Å²) >= 11 is 0. The molecule has 2 aliphatic rings. The number of hydrogen-bond donors (Lipinski definition) is 0. The molecule has 0 unspecified atom stereocenters. The molecule has 0 amide bonds. The summed E-state index contributed by atoms with van der Waals surface area (Å²) in [6, 6.07) is 0. The minimum atomic E-state index is 0.420. The lowest BCUT2D eigenvalue weighted by Gasteiger charge is -2.22. The summed E-state index contributed by atoms with van der Waals surface area (Å²) < 4.78 is 10.4. The number of hydrogen-bond acceptors (Lipinski definition) is 2. The molecule has 0 saturated carbocycles. The average molecular weight is 138 g/mol. The summed E-state index contributed by atoms with van der Waals surface area (Å²) in [6.07, 6.45) is 6.57. The van der Waals surface area contributed by atoms with Crippen LogP contribution in [0.2, 0.25) is 0 Å². The molecule has 0 N–H and O–H groups in total. The van der Waals surface area contributed by atoms with Crippen LogP contribution in [0.4, 0.5) is 0 Å². The van der Waals surface area contributed by atoms with Crippen molar-refractivity contribution in [1.29, 1.82) is 0 Å². The number of allylic oxidation sites excluding steroid dienone is 2. The first-order valence-corrected chi connectivity index (χ1v) is 3.57.